The highest BCUT2D eigenvalue weighted by molar-refractivity contribution is 5.90. The van der Waals surface area contributed by atoms with Gasteiger partial charge in [0.2, 0.25) is 0 Å². The minimum atomic E-state index is -0.685. The van der Waals surface area contributed by atoms with Crippen LogP contribution in [0.5, 0.6) is 0 Å². The summed E-state index contributed by atoms with van der Waals surface area (Å²) in [6.45, 7) is 7.01. The first-order valence-electron chi connectivity index (χ1n) is 9.05. The monoisotopic (exact) mass is 332 g/mol. The van der Waals surface area contributed by atoms with E-state index in [1.807, 2.05) is 6.08 Å². The highest BCUT2D eigenvalue weighted by Gasteiger charge is 2.56. The molecule has 4 heteroatoms. The maximum atomic E-state index is 12.0. The molecule has 1 fully saturated rings. The van der Waals surface area contributed by atoms with E-state index >= 15 is 0 Å². The van der Waals surface area contributed by atoms with Gasteiger partial charge in [-0.15, -0.1) is 0 Å². The largest absolute Gasteiger partial charge is 0.481 e. The molecule has 3 aliphatic rings. The standard InChI is InChI=1S/C20H28O4/c1-13-5-4-6-16-19(13,2)11-8-15(17(21)22)20(16,3)10-7-14-9-12-24-18(14)23/h5,9,15-16H,4,6-8,10-12H2,1-3H3,(H,21,22). The van der Waals surface area contributed by atoms with Crippen LogP contribution in [0.4, 0.5) is 0 Å². The van der Waals surface area contributed by atoms with Crippen molar-refractivity contribution in [2.24, 2.45) is 22.7 Å². The summed E-state index contributed by atoms with van der Waals surface area (Å²) in [5.74, 6) is -0.902. The molecular formula is C20H28O4. The molecule has 1 heterocycles. The zero-order valence-electron chi connectivity index (χ0n) is 14.9. The molecule has 0 spiro atoms. The second kappa shape index (κ2) is 6.05. The summed E-state index contributed by atoms with van der Waals surface area (Å²) in [5, 5.41) is 9.84. The molecule has 1 N–H and O–H groups in total. The second-order valence-corrected chi connectivity index (χ2v) is 8.20. The third-order valence-electron chi connectivity index (χ3n) is 7.16. The zero-order chi connectivity index (χ0) is 17.5. The Morgan fingerprint density at radius 2 is 2.08 bits per heavy atom. The topological polar surface area (TPSA) is 63.6 Å². The molecule has 0 bridgehead atoms. The minimum absolute atomic E-state index is 0.0868. The average molecular weight is 332 g/mol. The Balaban J connectivity index is 1.90. The molecule has 0 aromatic rings. The molecule has 4 atom stereocenters. The molecule has 1 saturated carbocycles. The molecule has 0 saturated heterocycles. The number of fused-ring (bicyclic) bond motifs is 1. The van der Waals surface area contributed by atoms with Crippen LogP contribution in [0.15, 0.2) is 23.3 Å². The van der Waals surface area contributed by atoms with Crippen molar-refractivity contribution in [2.45, 2.75) is 59.3 Å². The molecule has 0 aromatic carbocycles. The van der Waals surface area contributed by atoms with E-state index in [0.717, 1.165) is 31.3 Å². The quantitative estimate of drug-likeness (QED) is 0.621. The van der Waals surface area contributed by atoms with Crippen LogP contribution < -0.4 is 0 Å². The fourth-order valence-corrected chi connectivity index (χ4v) is 5.49. The van der Waals surface area contributed by atoms with Crippen LogP contribution >= 0.6 is 0 Å². The molecule has 1 aliphatic heterocycles. The van der Waals surface area contributed by atoms with Gasteiger partial charge in [-0.2, -0.15) is 0 Å². The first-order chi connectivity index (χ1) is 11.3. The molecule has 4 unspecified atom stereocenters. The number of aliphatic carboxylic acids is 1. The number of carbonyl (C=O) groups excluding carboxylic acids is 1. The lowest BCUT2D eigenvalue weighted by atomic mass is 9.46. The summed E-state index contributed by atoms with van der Waals surface area (Å²) in [4.78, 5) is 23.7. The van der Waals surface area contributed by atoms with E-state index in [9.17, 15) is 14.7 Å². The Morgan fingerprint density at radius 3 is 2.71 bits per heavy atom. The Bertz CT molecular complexity index is 617. The van der Waals surface area contributed by atoms with Crippen LogP contribution in [0.2, 0.25) is 0 Å². The van der Waals surface area contributed by atoms with Gasteiger partial charge in [-0.3, -0.25) is 4.79 Å². The van der Waals surface area contributed by atoms with Crippen LogP contribution in [0.3, 0.4) is 0 Å². The second-order valence-electron chi connectivity index (χ2n) is 8.20. The van der Waals surface area contributed by atoms with Gasteiger partial charge in [-0.1, -0.05) is 25.5 Å². The number of cyclic esters (lactones) is 1. The highest BCUT2D eigenvalue weighted by Crippen LogP contribution is 2.62. The van der Waals surface area contributed by atoms with E-state index in [-0.39, 0.29) is 22.7 Å². The van der Waals surface area contributed by atoms with Gasteiger partial charge in [-0.25, -0.2) is 4.79 Å². The Morgan fingerprint density at radius 1 is 1.33 bits per heavy atom. The number of hydrogen-bond acceptors (Lipinski definition) is 3. The van der Waals surface area contributed by atoms with Crippen molar-refractivity contribution in [3.05, 3.63) is 23.3 Å². The lowest BCUT2D eigenvalue weighted by Crippen LogP contribution is -2.52. The van der Waals surface area contributed by atoms with Crippen LogP contribution in [0, 0.1) is 22.7 Å². The number of carboxylic acids is 1. The first kappa shape index (κ1) is 17.2. The normalized spacial score (nSPS) is 38.9. The molecule has 3 rings (SSSR count). The summed E-state index contributed by atoms with van der Waals surface area (Å²) >= 11 is 0. The lowest BCUT2D eigenvalue weighted by molar-refractivity contribution is -0.156. The fraction of sp³-hybridized carbons (Fsp3) is 0.700. The number of ether oxygens (including phenoxy) is 1. The van der Waals surface area contributed by atoms with E-state index in [4.69, 9.17) is 4.74 Å². The van der Waals surface area contributed by atoms with Gasteiger partial charge in [0.25, 0.3) is 0 Å². The van der Waals surface area contributed by atoms with Gasteiger partial charge < -0.3 is 9.84 Å². The van der Waals surface area contributed by atoms with Gasteiger partial charge in [0.05, 0.1) is 5.92 Å². The molecule has 0 amide bonds. The Labute approximate surface area is 144 Å². The van der Waals surface area contributed by atoms with E-state index < -0.39 is 5.97 Å². The lowest BCUT2D eigenvalue weighted by Gasteiger charge is -2.57. The summed E-state index contributed by atoms with van der Waals surface area (Å²) in [7, 11) is 0. The van der Waals surface area contributed by atoms with Crippen molar-refractivity contribution < 1.29 is 19.4 Å². The zero-order valence-corrected chi connectivity index (χ0v) is 14.9. The van der Waals surface area contributed by atoms with Crippen molar-refractivity contribution in [1.82, 2.24) is 0 Å². The van der Waals surface area contributed by atoms with E-state index in [0.29, 0.717) is 25.4 Å². The highest BCUT2D eigenvalue weighted by atomic mass is 16.5. The molecule has 0 aromatic heterocycles. The van der Waals surface area contributed by atoms with Gasteiger partial charge >= 0.3 is 11.9 Å². The smallest absolute Gasteiger partial charge is 0.334 e. The Hall–Kier alpha value is -1.58. The van der Waals surface area contributed by atoms with Crippen LogP contribution in [-0.4, -0.2) is 23.7 Å². The molecule has 0 radical (unpaired) electrons. The van der Waals surface area contributed by atoms with E-state index in [1.165, 1.54) is 5.57 Å². The molecule has 2 aliphatic carbocycles. The van der Waals surface area contributed by atoms with Gasteiger partial charge in [0, 0.05) is 5.57 Å². The van der Waals surface area contributed by atoms with Gasteiger partial charge in [0.1, 0.15) is 6.61 Å². The fourth-order valence-electron chi connectivity index (χ4n) is 5.49. The third-order valence-corrected chi connectivity index (χ3v) is 7.16. The third kappa shape index (κ3) is 2.60. The van der Waals surface area contributed by atoms with Crippen LogP contribution in [0.25, 0.3) is 0 Å². The summed E-state index contributed by atoms with van der Waals surface area (Å²) in [6, 6.07) is 0. The number of esters is 1. The number of carboxylic acid groups (broad SMARTS) is 1. The summed E-state index contributed by atoms with van der Waals surface area (Å²) < 4.78 is 5.00. The van der Waals surface area contributed by atoms with Crippen LogP contribution in [-0.2, 0) is 14.3 Å². The summed E-state index contributed by atoms with van der Waals surface area (Å²) in [5.41, 5.74) is 1.92. The number of hydrogen-bond donors (Lipinski definition) is 1. The number of rotatable bonds is 4. The van der Waals surface area contributed by atoms with Gasteiger partial charge in [0.15, 0.2) is 0 Å². The molecule has 132 valence electrons. The maximum absolute atomic E-state index is 12.0. The first-order valence-corrected chi connectivity index (χ1v) is 9.05. The van der Waals surface area contributed by atoms with Crippen molar-refractivity contribution in [1.29, 1.82) is 0 Å². The predicted octanol–water partition coefficient (Wildman–Crippen LogP) is 4.11. The summed E-state index contributed by atoms with van der Waals surface area (Å²) in [6.07, 6.45) is 9.25. The number of allylic oxidation sites excluding steroid dienone is 2. The SMILES string of the molecule is CC1=CCCC2C1(C)CCC(C(=O)O)C2(C)CCC1=CCOC1=O. The Kier molecular flexibility index (Phi) is 4.35. The molecule has 24 heavy (non-hydrogen) atoms. The molecule has 4 nitrogen and oxygen atoms in total. The maximum Gasteiger partial charge on any atom is 0.334 e. The van der Waals surface area contributed by atoms with E-state index in [1.54, 1.807) is 0 Å². The van der Waals surface area contributed by atoms with E-state index in [2.05, 4.69) is 26.8 Å². The van der Waals surface area contributed by atoms with Gasteiger partial charge in [-0.05, 0) is 68.3 Å². The predicted molar refractivity (Wildman–Crippen MR) is 91.3 cm³/mol. The minimum Gasteiger partial charge on any atom is -0.481 e. The average Bonchev–Trinajstić information content (AvgIpc) is 2.92. The van der Waals surface area contributed by atoms with Crippen molar-refractivity contribution >= 4 is 11.9 Å². The van der Waals surface area contributed by atoms with Crippen molar-refractivity contribution in [3.63, 3.8) is 0 Å². The van der Waals surface area contributed by atoms with Crippen molar-refractivity contribution in [3.8, 4) is 0 Å². The molecular weight excluding hydrogens is 304 g/mol. The van der Waals surface area contributed by atoms with Crippen LogP contribution in [0.1, 0.15) is 59.3 Å². The number of carbonyl (C=O) groups is 2. The van der Waals surface area contributed by atoms with Crippen molar-refractivity contribution in [2.75, 3.05) is 6.61 Å².